The van der Waals surface area contributed by atoms with Gasteiger partial charge in [-0.05, 0) is 30.9 Å². The maximum Gasteiger partial charge on any atom is 0.433 e. The van der Waals surface area contributed by atoms with Gasteiger partial charge in [0.2, 0.25) is 0 Å². The highest BCUT2D eigenvalue weighted by molar-refractivity contribution is 7.59. The number of alkyl halides is 3. The van der Waals surface area contributed by atoms with Crippen LogP contribution >= 0.6 is 0 Å². The van der Waals surface area contributed by atoms with Crippen molar-refractivity contribution in [1.29, 1.82) is 0 Å². The molecule has 2 saturated heterocycles. The summed E-state index contributed by atoms with van der Waals surface area (Å²) in [6, 6.07) is 3.63. The fraction of sp³-hybridized carbons (Fsp3) is 0.583. The van der Waals surface area contributed by atoms with Gasteiger partial charge in [-0.2, -0.15) is 13.2 Å². The van der Waals surface area contributed by atoms with E-state index in [1.54, 1.807) is 6.07 Å². The Morgan fingerprint density at radius 2 is 1.86 bits per heavy atom. The molecule has 3 atom stereocenters. The molecule has 9 heteroatoms. The lowest BCUT2D eigenvalue weighted by Gasteiger charge is -2.20. The minimum absolute atomic E-state index is 0.337. The zero-order valence-corrected chi connectivity index (χ0v) is 11.6. The number of aromatic nitrogens is 1. The van der Waals surface area contributed by atoms with E-state index in [1.807, 2.05) is 0 Å². The molecule has 1 N–H and O–H groups in total. The van der Waals surface area contributed by atoms with Crippen molar-refractivity contribution in [3.05, 3.63) is 29.6 Å². The van der Waals surface area contributed by atoms with E-state index in [2.05, 4.69) is 10.3 Å². The van der Waals surface area contributed by atoms with Crippen molar-refractivity contribution >= 4 is 10.6 Å². The highest BCUT2D eigenvalue weighted by Gasteiger charge is 2.40. The lowest BCUT2D eigenvalue weighted by atomic mass is 9.84. The van der Waals surface area contributed by atoms with Gasteiger partial charge in [-0.1, -0.05) is 6.07 Å². The Labute approximate surface area is 120 Å². The molecule has 116 valence electrons. The van der Waals surface area contributed by atoms with Crippen LogP contribution in [0.5, 0.6) is 0 Å². The smallest absolute Gasteiger partial charge is 0.311 e. The molecule has 2 fully saturated rings. The molecule has 0 amide bonds. The summed E-state index contributed by atoms with van der Waals surface area (Å²) in [7, 11) is -3.11. The van der Waals surface area contributed by atoms with Crippen molar-refractivity contribution in [3.63, 3.8) is 0 Å². The van der Waals surface area contributed by atoms with Crippen LogP contribution in [0.25, 0.3) is 0 Å². The topological polar surface area (TPSA) is 76.1 Å². The highest BCUT2D eigenvalue weighted by Crippen LogP contribution is 2.40. The molecule has 2 aliphatic heterocycles. The zero-order chi connectivity index (χ0) is 15.6. The minimum atomic E-state index is -4.34. The number of pyridine rings is 1. The predicted octanol–water partition coefficient (Wildman–Crippen LogP) is 1.70. The van der Waals surface area contributed by atoms with Crippen LogP contribution in [0.15, 0.2) is 18.3 Å². The molecule has 5 nitrogen and oxygen atoms in total. The molecule has 0 saturated carbocycles. The Hall–Kier alpha value is -1.48. The van der Waals surface area contributed by atoms with Gasteiger partial charge in [-0.3, -0.25) is 4.98 Å². The monoisotopic (exact) mass is 322 g/mol. The average Bonchev–Trinajstić information content (AvgIpc) is 2.99. The summed E-state index contributed by atoms with van der Waals surface area (Å²) in [6.07, 6.45) is 0.380. The zero-order valence-electron chi connectivity index (χ0n) is 10.8. The number of nitrogens with one attached hydrogen (secondary N) is 1. The predicted molar refractivity (Wildman–Crippen MR) is 66.2 cm³/mol. The maximum absolute atomic E-state index is 12.4. The van der Waals surface area contributed by atoms with Gasteiger partial charge in [0.25, 0.3) is 0 Å². The Kier molecular flexibility index (Phi) is 4.62. The van der Waals surface area contributed by atoms with Crippen LogP contribution in [-0.2, 0) is 16.8 Å². The van der Waals surface area contributed by atoms with Gasteiger partial charge in [-0.25, -0.2) is 0 Å². The van der Waals surface area contributed by atoms with Gasteiger partial charge in [0.05, 0.1) is 0 Å². The first-order chi connectivity index (χ1) is 9.77. The van der Waals surface area contributed by atoms with Crippen molar-refractivity contribution in [2.45, 2.75) is 43.4 Å². The second-order valence-electron chi connectivity index (χ2n) is 5.07. The van der Waals surface area contributed by atoms with Crippen molar-refractivity contribution in [1.82, 2.24) is 10.3 Å². The summed E-state index contributed by atoms with van der Waals surface area (Å²) >= 11 is 0. The van der Waals surface area contributed by atoms with E-state index in [0.29, 0.717) is 18.0 Å². The third-order valence-electron chi connectivity index (χ3n) is 3.81. The number of rotatable bonds is 1. The summed E-state index contributed by atoms with van der Waals surface area (Å²) in [5.74, 6) is 0.337. The van der Waals surface area contributed by atoms with E-state index in [9.17, 15) is 13.2 Å². The van der Waals surface area contributed by atoms with Gasteiger partial charge in [0.1, 0.15) is 5.69 Å². The van der Waals surface area contributed by atoms with Gasteiger partial charge >= 0.3 is 16.8 Å². The fourth-order valence-corrected chi connectivity index (χ4v) is 2.98. The molecule has 21 heavy (non-hydrogen) atoms. The van der Waals surface area contributed by atoms with Gasteiger partial charge in [0, 0.05) is 24.2 Å². The second kappa shape index (κ2) is 6.10. The molecular formula is C12H13F3N2O3S. The van der Waals surface area contributed by atoms with Crippen LogP contribution in [-0.4, -0.2) is 29.7 Å². The first-order valence-corrected chi connectivity index (χ1v) is 7.33. The molecule has 0 spiro atoms. The molecule has 2 bridgehead atoms. The molecular weight excluding hydrogens is 309 g/mol. The molecule has 0 aromatic carbocycles. The second-order valence-corrected chi connectivity index (χ2v) is 5.48. The SMILES string of the molecule is FC(F)(F)c1ccc([C@H]2C[C@@H]3CC[C@H]2N3)cn1.O=S(=O)=O. The van der Waals surface area contributed by atoms with Crippen LogP contribution in [0.3, 0.4) is 0 Å². The highest BCUT2D eigenvalue weighted by atomic mass is 32.2. The lowest BCUT2D eigenvalue weighted by Crippen LogP contribution is -2.21. The average molecular weight is 322 g/mol. The van der Waals surface area contributed by atoms with E-state index < -0.39 is 22.5 Å². The van der Waals surface area contributed by atoms with Crippen LogP contribution in [0, 0.1) is 0 Å². The molecule has 0 radical (unpaired) electrons. The fourth-order valence-electron chi connectivity index (χ4n) is 2.98. The van der Waals surface area contributed by atoms with Crippen molar-refractivity contribution in [3.8, 4) is 0 Å². The third-order valence-corrected chi connectivity index (χ3v) is 3.81. The van der Waals surface area contributed by atoms with E-state index in [4.69, 9.17) is 12.6 Å². The Balaban J connectivity index is 0.000000361. The molecule has 3 rings (SSSR count). The van der Waals surface area contributed by atoms with E-state index >= 15 is 0 Å². The largest absolute Gasteiger partial charge is 0.433 e. The number of fused-ring (bicyclic) bond motifs is 2. The van der Waals surface area contributed by atoms with Crippen LogP contribution in [0.1, 0.15) is 36.4 Å². The Bertz CT molecular complexity index is 594. The molecule has 0 aliphatic carbocycles. The lowest BCUT2D eigenvalue weighted by molar-refractivity contribution is -0.141. The van der Waals surface area contributed by atoms with Crippen LogP contribution in [0.2, 0.25) is 0 Å². The molecule has 3 heterocycles. The van der Waals surface area contributed by atoms with Gasteiger partial charge < -0.3 is 5.32 Å². The number of hydrogen-bond donors (Lipinski definition) is 1. The molecule has 1 aromatic heterocycles. The number of halogens is 3. The van der Waals surface area contributed by atoms with E-state index in [-0.39, 0.29) is 0 Å². The maximum atomic E-state index is 12.4. The summed E-state index contributed by atoms with van der Waals surface area (Å²) in [6.45, 7) is 0. The van der Waals surface area contributed by atoms with Crippen molar-refractivity contribution < 1.29 is 25.8 Å². The standard InChI is InChI=1S/C12H13F3N2.O3S/c13-12(14,15)11-4-1-7(6-16-11)9-5-8-2-3-10(9)17-8;1-4(2)3/h1,4,6,8-10,17H,2-3,5H2;/t8-,9+,10+;/m0./s1. The van der Waals surface area contributed by atoms with Gasteiger partial charge in [0.15, 0.2) is 0 Å². The summed E-state index contributed by atoms with van der Waals surface area (Å²) in [4.78, 5) is 3.53. The Morgan fingerprint density at radius 3 is 2.24 bits per heavy atom. The molecule has 0 unspecified atom stereocenters. The first-order valence-electron chi connectivity index (χ1n) is 6.33. The normalized spacial score (nSPS) is 27.1. The summed E-state index contributed by atoms with van der Waals surface area (Å²) < 4.78 is 62.4. The summed E-state index contributed by atoms with van der Waals surface area (Å²) in [5, 5.41) is 3.47. The van der Waals surface area contributed by atoms with Crippen LogP contribution < -0.4 is 5.32 Å². The molecule has 1 aromatic rings. The minimum Gasteiger partial charge on any atom is -0.311 e. The molecule has 2 aliphatic rings. The van der Waals surface area contributed by atoms with E-state index in [1.165, 1.54) is 12.6 Å². The number of nitrogens with zero attached hydrogens (tertiary/aromatic N) is 1. The van der Waals surface area contributed by atoms with Crippen molar-refractivity contribution in [2.24, 2.45) is 0 Å². The Morgan fingerprint density at radius 1 is 1.19 bits per heavy atom. The third kappa shape index (κ3) is 4.01. The van der Waals surface area contributed by atoms with E-state index in [0.717, 1.165) is 24.5 Å². The number of hydrogen-bond acceptors (Lipinski definition) is 5. The quantitative estimate of drug-likeness (QED) is 0.852. The van der Waals surface area contributed by atoms with Crippen LogP contribution in [0.4, 0.5) is 13.2 Å². The van der Waals surface area contributed by atoms with Gasteiger partial charge in [-0.15, -0.1) is 12.6 Å². The van der Waals surface area contributed by atoms with Crippen molar-refractivity contribution in [2.75, 3.05) is 0 Å². The summed E-state index contributed by atoms with van der Waals surface area (Å²) in [5.41, 5.74) is 0.120. The first kappa shape index (κ1) is 15.9.